The smallest absolute Gasteiger partial charge is 0.342 e. The molecule has 2 aromatic carbocycles. The molecule has 4 heteroatoms. The standard InChI is InChI=1S/C25H28N2O2/c1-25(2)14-13-20(15-25)18-29-24(28)22-17-27(16-19-9-5-3-6-10-19)26-23(22)21-11-7-4-8-12-21/h3-12,17,20H,13-16,18H2,1-2H3. The molecule has 0 amide bonds. The Kier molecular flexibility index (Phi) is 5.52. The fourth-order valence-corrected chi connectivity index (χ4v) is 4.23. The Morgan fingerprint density at radius 3 is 2.45 bits per heavy atom. The largest absolute Gasteiger partial charge is 0.462 e. The molecule has 1 atom stereocenters. The zero-order valence-corrected chi connectivity index (χ0v) is 17.2. The third-order valence-electron chi connectivity index (χ3n) is 5.74. The number of rotatable bonds is 6. The van der Waals surface area contributed by atoms with E-state index in [1.807, 2.05) is 59.4 Å². The average Bonchev–Trinajstić information content (AvgIpc) is 3.30. The highest BCUT2D eigenvalue weighted by atomic mass is 16.5. The summed E-state index contributed by atoms with van der Waals surface area (Å²) in [6.45, 7) is 5.68. The van der Waals surface area contributed by atoms with E-state index < -0.39 is 0 Å². The highest BCUT2D eigenvalue weighted by molar-refractivity contribution is 5.96. The lowest BCUT2D eigenvalue weighted by atomic mass is 9.91. The van der Waals surface area contributed by atoms with Crippen molar-refractivity contribution < 1.29 is 9.53 Å². The number of aromatic nitrogens is 2. The van der Waals surface area contributed by atoms with Gasteiger partial charge in [0.2, 0.25) is 0 Å². The molecule has 0 N–H and O–H groups in total. The number of ether oxygens (including phenoxy) is 1. The van der Waals surface area contributed by atoms with Crippen molar-refractivity contribution in [2.24, 2.45) is 11.3 Å². The van der Waals surface area contributed by atoms with Crippen LogP contribution < -0.4 is 0 Å². The van der Waals surface area contributed by atoms with Crippen LogP contribution in [0.1, 0.15) is 49.0 Å². The zero-order chi connectivity index (χ0) is 20.3. The van der Waals surface area contributed by atoms with E-state index in [-0.39, 0.29) is 5.97 Å². The predicted octanol–water partition coefficient (Wildman–Crippen LogP) is 5.58. The second-order valence-electron chi connectivity index (χ2n) is 8.81. The molecule has 1 heterocycles. The molecular weight excluding hydrogens is 360 g/mol. The van der Waals surface area contributed by atoms with Gasteiger partial charge in [0.05, 0.1) is 13.2 Å². The van der Waals surface area contributed by atoms with Gasteiger partial charge in [-0.25, -0.2) is 4.79 Å². The molecule has 1 unspecified atom stereocenters. The molecular formula is C25H28N2O2. The molecule has 1 aliphatic rings. The van der Waals surface area contributed by atoms with Gasteiger partial charge >= 0.3 is 5.97 Å². The third-order valence-corrected chi connectivity index (χ3v) is 5.74. The summed E-state index contributed by atoms with van der Waals surface area (Å²) in [5, 5.41) is 4.72. The summed E-state index contributed by atoms with van der Waals surface area (Å²) in [5.41, 5.74) is 3.63. The van der Waals surface area contributed by atoms with Gasteiger partial charge in [-0.05, 0) is 36.2 Å². The number of hydrogen-bond acceptors (Lipinski definition) is 3. The quantitative estimate of drug-likeness (QED) is 0.518. The van der Waals surface area contributed by atoms with Crippen LogP contribution in [0.4, 0.5) is 0 Å². The van der Waals surface area contributed by atoms with Gasteiger partial charge in [-0.15, -0.1) is 0 Å². The van der Waals surface area contributed by atoms with Crippen LogP contribution in [0.2, 0.25) is 0 Å². The molecule has 1 aromatic heterocycles. The van der Waals surface area contributed by atoms with E-state index in [9.17, 15) is 4.79 Å². The Hall–Kier alpha value is -2.88. The number of carbonyl (C=O) groups is 1. The first-order chi connectivity index (χ1) is 14.0. The van der Waals surface area contributed by atoms with Crippen molar-refractivity contribution in [2.45, 2.75) is 39.7 Å². The fourth-order valence-electron chi connectivity index (χ4n) is 4.23. The van der Waals surface area contributed by atoms with Crippen LogP contribution in [0.15, 0.2) is 66.9 Å². The van der Waals surface area contributed by atoms with Crippen LogP contribution in [0, 0.1) is 11.3 Å². The van der Waals surface area contributed by atoms with Crippen molar-refractivity contribution >= 4 is 5.97 Å². The van der Waals surface area contributed by atoms with Gasteiger partial charge in [-0.3, -0.25) is 4.68 Å². The lowest BCUT2D eigenvalue weighted by Crippen LogP contribution is -2.14. The Labute approximate surface area is 172 Å². The highest BCUT2D eigenvalue weighted by Crippen LogP contribution is 2.41. The van der Waals surface area contributed by atoms with Crippen molar-refractivity contribution in [1.82, 2.24) is 9.78 Å². The van der Waals surface area contributed by atoms with Crippen LogP contribution >= 0.6 is 0 Å². The summed E-state index contributed by atoms with van der Waals surface area (Å²) < 4.78 is 7.57. The Morgan fingerprint density at radius 1 is 1.10 bits per heavy atom. The monoisotopic (exact) mass is 388 g/mol. The zero-order valence-electron chi connectivity index (χ0n) is 17.2. The van der Waals surface area contributed by atoms with Crippen LogP contribution in [0.3, 0.4) is 0 Å². The van der Waals surface area contributed by atoms with Gasteiger partial charge in [0.1, 0.15) is 11.3 Å². The minimum atomic E-state index is -0.284. The molecule has 150 valence electrons. The van der Waals surface area contributed by atoms with Gasteiger partial charge in [-0.1, -0.05) is 74.5 Å². The van der Waals surface area contributed by atoms with E-state index in [1.165, 1.54) is 6.42 Å². The van der Waals surface area contributed by atoms with E-state index >= 15 is 0 Å². The molecule has 0 bridgehead atoms. The van der Waals surface area contributed by atoms with Gasteiger partial charge in [0, 0.05) is 11.8 Å². The van der Waals surface area contributed by atoms with Gasteiger partial charge < -0.3 is 4.74 Å². The lowest BCUT2D eigenvalue weighted by molar-refractivity contribution is 0.0436. The summed E-state index contributed by atoms with van der Waals surface area (Å²) in [6, 6.07) is 20.0. The Morgan fingerprint density at radius 2 is 1.79 bits per heavy atom. The average molecular weight is 389 g/mol. The summed E-state index contributed by atoms with van der Waals surface area (Å²) in [5.74, 6) is 0.168. The van der Waals surface area contributed by atoms with E-state index in [0.717, 1.165) is 24.0 Å². The molecule has 1 fully saturated rings. The van der Waals surface area contributed by atoms with Crippen molar-refractivity contribution in [3.05, 3.63) is 78.0 Å². The molecule has 0 radical (unpaired) electrons. The first kappa shape index (κ1) is 19.4. The molecule has 4 nitrogen and oxygen atoms in total. The topological polar surface area (TPSA) is 44.1 Å². The normalized spacial score (nSPS) is 17.9. The van der Waals surface area contributed by atoms with E-state index in [1.54, 1.807) is 0 Å². The molecule has 1 saturated carbocycles. The maximum atomic E-state index is 12.9. The van der Waals surface area contributed by atoms with Crippen molar-refractivity contribution in [3.8, 4) is 11.3 Å². The minimum absolute atomic E-state index is 0.284. The number of esters is 1. The van der Waals surface area contributed by atoms with Crippen LogP contribution in [0.25, 0.3) is 11.3 Å². The summed E-state index contributed by atoms with van der Waals surface area (Å²) >= 11 is 0. The van der Waals surface area contributed by atoms with E-state index in [0.29, 0.717) is 35.7 Å². The first-order valence-corrected chi connectivity index (χ1v) is 10.3. The van der Waals surface area contributed by atoms with Crippen molar-refractivity contribution in [1.29, 1.82) is 0 Å². The first-order valence-electron chi connectivity index (χ1n) is 10.3. The number of hydrogen-bond donors (Lipinski definition) is 0. The summed E-state index contributed by atoms with van der Waals surface area (Å²) in [6.07, 6.45) is 5.24. The van der Waals surface area contributed by atoms with Crippen molar-refractivity contribution in [3.63, 3.8) is 0 Å². The molecule has 0 aliphatic heterocycles. The van der Waals surface area contributed by atoms with Gasteiger partial charge in [0.15, 0.2) is 0 Å². The molecule has 1 aliphatic carbocycles. The second kappa shape index (κ2) is 8.24. The van der Waals surface area contributed by atoms with Gasteiger partial charge in [-0.2, -0.15) is 5.10 Å². The number of benzene rings is 2. The molecule has 4 rings (SSSR count). The summed E-state index contributed by atoms with van der Waals surface area (Å²) in [4.78, 5) is 12.9. The van der Waals surface area contributed by atoms with Crippen LogP contribution in [0.5, 0.6) is 0 Å². The molecule has 3 aromatic rings. The molecule has 0 spiro atoms. The minimum Gasteiger partial charge on any atom is -0.462 e. The molecule has 29 heavy (non-hydrogen) atoms. The number of carbonyl (C=O) groups excluding carboxylic acids is 1. The van der Waals surface area contributed by atoms with E-state index in [4.69, 9.17) is 9.84 Å². The predicted molar refractivity (Wildman–Crippen MR) is 115 cm³/mol. The summed E-state index contributed by atoms with van der Waals surface area (Å²) in [7, 11) is 0. The highest BCUT2D eigenvalue weighted by Gasteiger charge is 2.32. The fraction of sp³-hybridized carbons (Fsp3) is 0.360. The third kappa shape index (κ3) is 4.76. The Balaban J connectivity index is 1.54. The second-order valence-corrected chi connectivity index (χ2v) is 8.81. The maximum absolute atomic E-state index is 12.9. The lowest BCUT2D eigenvalue weighted by Gasteiger charge is -2.17. The van der Waals surface area contributed by atoms with E-state index in [2.05, 4.69) is 26.0 Å². The number of nitrogens with zero attached hydrogens (tertiary/aromatic N) is 2. The van der Waals surface area contributed by atoms with Crippen LogP contribution in [-0.4, -0.2) is 22.4 Å². The SMILES string of the molecule is CC1(C)CCC(COC(=O)c2cn(Cc3ccccc3)nc2-c2ccccc2)C1. The Bertz CT molecular complexity index is 961. The van der Waals surface area contributed by atoms with Crippen molar-refractivity contribution in [2.75, 3.05) is 6.61 Å². The maximum Gasteiger partial charge on any atom is 0.342 e. The van der Waals surface area contributed by atoms with Crippen LogP contribution in [-0.2, 0) is 11.3 Å². The molecule has 0 saturated heterocycles. The van der Waals surface area contributed by atoms with Gasteiger partial charge in [0.25, 0.3) is 0 Å².